The van der Waals surface area contributed by atoms with Gasteiger partial charge >= 0.3 is 6.16 Å². The van der Waals surface area contributed by atoms with Crippen molar-refractivity contribution in [2.24, 2.45) is 0 Å². The fourth-order valence-electron chi connectivity index (χ4n) is 2.56. The predicted octanol–water partition coefficient (Wildman–Crippen LogP) is 4.59. The Bertz CT molecular complexity index is 1100. The second kappa shape index (κ2) is 7.91. The van der Waals surface area contributed by atoms with Crippen LogP contribution in [0.15, 0.2) is 59.5 Å². The van der Waals surface area contributed by atoms with Crippen molar-refractivity contribution in [2.75, 3.05) is 11.8 Å². The first-order valence-corrected chi connectivity index (χ1v) is 10.4. The second-order valence-corrected chi connectivity index (χ2v) is 8.44. The van der Waals surface area contributed by atoms with Crippen LogP contribution in [0.5, 0.6) is 10.8 Å². The van der Waals surface area contributed by atoms with Crippen molar-refractivity contribution < 1.29 is 27.8 Å². The summed E-state index contributed by atoms with van der Waals surface area (Å²) in [6.07, 6.45) is -1.53. The Morgan fingerprint density at radius 3 is 2.39 bits per heavy atom. The van der Waals surface area contributed by atoms with Gasteiger partial charge in [-0.1, -0.05) is 29.5 Å². The standard InChI is InChI=1S/C19H17NO6S2/c1-12-5-3-4-6-17(12)28(23,24)20-15-11-16(27-18(15)26-19(21)22)13-7-9-14(25-2)10-8-13/h3-11,20H,1-2H3,(H,21,22). The van der Waals surface area contributed by atoms with E-state index in [-0.39, 0.29) is 15.6 Å². The average Bonchev–Trinajstić information content (AvgIpc) is 3.03. The first-order chi connectivity index (χ1) is 13.3. The lowest BCUT2D eigenvalue weighted by Gasteiger charge is -2.10. The van der Waals surface area contributed by atoms with Gasteiger partial charge in [0.2, 0.25) is 5.06 Å². The minimum Gasteiger partial charge on any atom is -0.497 e. The lowest BCUT2D eigenvalue weighted by molar-refractivity contribution is 0.146. The topological polar surface area (TPSA) is 102 Å². The molecule has 0 spiro atoms. The highest BCUT2D eigenvalue weighted by atomic mass is 32.2. The van der Waals surface area contributed by atoms with Gasteiger partial charge in [-0.3, -0.25) is 4.72 Å². The Morgan fingerprint density at radius 2 is 1.79 bits per heavy atom. The zero-order valence-corrected chi connectivity index (χ0v) is 16.6. The Kier molecular flexibility index (Phi) is 5.57. The fraction of sp³-hybridized carbons (Fsp3) is 0.105. The summed E-state index contributed by atoms with van der Waals surface area (Å²) in [7, 11) is -2.37. The van der Waals surface area contributed by atoms with Crippen LogP contribution >= 0.6 is 11.3 Å². The normalized spacial score (nSPS) is 11.1. The van der Waals surface area contributed by atoms with E-state index in [4.69, 9.17) is 14.6 Å². The number of methoxy groups -OCH3 is 1. The van der Waals surface area contributed by atoms with Crippen LogP contribution in [0.4, 0.5) is 10.5 Å². The van der Waals surface area contributed by atoms with Crippen LogP contribution in [-0.4, -0.2) is 26.8 Å². The largest absolute Gasteiger partial charge is 0.512 e. The van der Waals surface area contributed by atoms with E-state index in [1.165, 1.54) is 6.07 Å². The first kappa shape index (κ1) is 19.7. The molecule has 0 unspecified atom stereocenters. The Balaban J connectivity index is 2.00. The maximum atomic E-state index is 12.8. The monoisotopic (exact) mass is 419 g/mol. The van der Waals surface area contributed by atoms with Gasteiger partial charge in [0, 0.05) is 4.88 Å². The number of thiophene rings is 1. The summed E-state index contributed by atoms with van der Waals surface area (Å²) < 4.78 is 37.9. The number of anilines is 1. The van der Waals surface area contributed by atoms with Gasteiger partial charge in [-0.15, -0.1) is 0 Å². The number of carboxylic acid groups (broad SMARTS) is 1. The maximum absolute atomic E-state index is 12.8. The van der Waals surface area contributed by atoms with Crippen molar-refractivity contribution in [2.45, 2.75) is 11.8 Å². The van der Waals surface area contributed by atoms with E-state index in [0.29, 0.717) is 16.2 Å². The molecule has 0 amide bonds. The van der Waals surface area contributed by atoms with Gasteiger partial charge in [-0.2, -0.15) is 0 Å². The van der Waals surface area contributed by atoms with Gasteiger partial charge in [0.05, 0.1) is 12.0 Å². The summed E-state index contributed by atoms with van der Waals surface area (Å²) in [5.41, 5.74) is 1.39. The van der Waals surface area contributed by atoms with Crippen molar-refractivity contribution in [3.63, 3.8) is 0 Å². The van der Waals surface area contributed by atoms with Crippen molar-refractivity contribution in [1.82, 2.24) is 0 Å². The van der Waals surface area contributed by atoms with Crippen LogP contribution in [0, 0.1) is 6.92 Å². The number of nitrogens with one attached hydrogen (secondary N) is 1. The molecule has 0 atom stereocenters. The molecule has 28 heavy (non-hydrogen) atoms. The summed E-state index contributed by atoms with van der Waals surface area (Å²) in [6.45, 7) is 1.68. The van der Waals surface area contributed by atoms with Gasteiger partial charge in [0.1, 0.15) is 11.4 Å². The summed E-state index contributed by atoms with van der Waals surface area (Å²) in [5, 5.41) is 8.93. The van der Waals surface area contributed by atoms with Crippen molar-refractivity contribution in [1.29, 1.82) is 0 Å². The first-order valence-electron chi connectivity index (χ1n) is 8.07. The van der Waals surface area contributed by atoms with Gasteiger partial charge in [-0.05, 0) is 54.4 Å². The molecule has 2 aromatic carbocycles. The smallest absolute Gasteiger partial charge is 0.497 e. The molecule has 3 aromatic rings. The molecule has 0 radical (unpaired) electrons. The summed E-state index contributed by atoms with van der Waals surface area (Å²) in [5.74, 6) is 0.669. The molecule has 1 heterocycles. The maximum Gasteiger partial charge on any atom is 0.512 e. The van der Waals surface area contributed by atoms with E-state index in [1.54, 1.807) is 62.6 Å². The SMILES string of the molecule is COc1ccc(-c2cc(NS(=O)(=O)c3ccccc3C)c(OC(=O)O)s2)cc1. The molecule has 0 aliphatic rings. The van der Waals surface area contributed by atoms with E-state index in [1.807, 2.05) is 0 Å². The highest BCUT2D eigenvalue weighted by Crippen LogP contribution is 2.42. The number of aryl methyl sites for hydroxylation is 1. The lowest BCUT2D eigenvalue weighted by atomic mass is 10.2. The molecule has 3 rings (SSSR count). The van der Waals surface area contributed by atoms with Crippen molar-refractivity contribution in [3.8, 4) is 21.3 Å². The molecule has 2 N–H and O–H groups in total. The number of hydrogen-bond acceptors (Lipinski definition) is 6. The Labute approximate surface area is 166 Å². The third-order valence-corrected chi connectivity index (χ3v) is 6.47. The zero-order chi connectivity index (χ0) is 20.3. The highest BCUT2D eigenvalue weighted by molar-refractivity contribution is 7.92. The lowest BCUT2D eigenvalue weighted by Crippen LogP contribution is -2.15. The van der Waals surface area contributed by atoms with Crippen LogP contribution in [0.2, 0.25) is 0 Å². The summed E-state index contributed by atoms with van der Waals surface area (Å²) in [6, 6.07) is 15.1. The molecule has 7 nitrogen and oxygen atoms in total. The third kappa shape index (κ3) is 4.26. The number of carbonyl (C=O) groups is 1. The van der Waals surface area contributed by atoms with Gasteiger partial charge in [-0.25, -0.2) is 13.2 Å². The van der Waals surface area contributed by atoms with Crippen LogP contribution in [0.3, 0.4) is 0 Å². The van der Waals surface area contributed by atoms with E-state index in [2.05, 4.69) is 4.72 Å². The number of hydrogen-bond donors (Lipinski definition) is 2. The molecule has 0 aliphatic carbocycles. The number of rotatable bonds is 6. The zero-order valence-electron chi connectivity index (χ0n) is 15.0. The second-order valence-electron chi connectivity index (χ2n) is 5.78. The van der Waals surface area contributed by atoms with E-state index in [9.17, 15) is 13.2 Å². The molecule has 1 aromatic heterocycles. The molecular formula is C19H17NO6S2. The minimum atomic E-state index is -3.92. The average molecular weight is 419 g/mol. The molecule has 0 fully saturated rings. The molecule has 0 aliphatic heterocycles. The van der Waals surface area contributed by atoms with Gasteiger partial charge in [0.15, 0.2) is 0 Å². The van der Waals surface area contributed by atoms with Gasteiger partial charge < -0.3 is 14.6 Å². The number of benzene rings is 2. The molecule has 0 bridgehead atoms. The van der Waals surface area contributed by atoms with E-state index < -0.39 is 16.2 Å². The quantitative estimate of drug-likeness (QED) is 0.567. The van der Waals surface area contributed by atoms with Crippen LogP contribution in [0.25, 0.3) is 10.4 Å². The summed E-state index contributed by atoms with van der Waals surface area (Å²) in [4.78, 5) is 11.8. The third-order valence-electron chi connectivity index (χ3n) is 3.88. The Hall–Kier alpha value is -3.04. The molecule has 146 valence electrons. The molecule has 0 saturated heterocycles. The van der Waals surface area contributed by atoms with Crippen LogP contribution in [0.1, 0.15) is 5.56 Å². The molecule has 9 heteroatoms. The van der Waals surface area contributed by atoms with Crippen LogP contribution in [-0.2, 0) is 10.0 Å². The van der Waals surface area contributed by atoms with Crippen LogP contribution < -0.4 is 14.2 Å². The number of sulfonamides is 1. The van der Waals surface area contributed by atoms with E-state index in [0.717, 1.165) is 16.9 Å². The molecular weight excluding hydrogens is 402 g/mol. The highest BCUT2D eigenvalue weighted by Gasteiger charge is 2.22. The predicted molar refractivity (Wildman–Crippen MR) is 107 cm³/mol. The van der Waals surface area contributed by atoms with E-state index >= 15 is 0 Å². The molecule has 0 saturated carbocycles. The van der Waals surface area contributed by atoms with Gasteiger partial charge in [0.25, 0.3) is 10.0 Å². The Morgan fingerprint density at radius 1 is 1.11 bits per heavy atom. The van der Waals surface area contributed by atoms with Crippen molar-refractivity contribution >= 4 is 33.2 Å². The van der Waals surface area contributed by atoms with Crippen molar-refractivity contribution in [3.05, 3.63) is 60.2 Å². The fourth-order valence-corrected chi connectivity index (χ4v) is 4.88. The minimum absolute atomic E-state index is 0.0569. The summed E-state index contributed by atoms with van der Waals surface area (Å²) >= 11 is 1.02. The number of ether oxygens (including phenoxy) is 2.